The molecule has 1 aromatic carbocycles. The maximum Gasteiger partial charge on any atom is 0.316 e. The number of nitrogens with zero attached hydrogens (tertiary/aromatic N) is 2. The molecule has 0 unspecified atom stereocenters. The molecule has 3 amide bonds. The van der Waals surface area contributed by atoms with Gasteiger partial charge in [0.25, 0.3) is 0 Å². The van der Waals surface area contributed by atoms with Gasteiger partial charge in [-0.15, -0.1) is 0 Å². The second-order valence-corrected chi connectivity index (χ2v) is 5.70. The minimum Gasteiger partial charge on any atom is -0.359 e. The molecule has 0 aliphatic rings. The number of benzene rings is 1. The summed E-state index contributed by atoms with van der Waals surface area (Å²) in [4.78, 5) is 37.1. The summed E-state index contributed by atoms with van der Waals surface area (Å²) < 4.78 is 5.02. The molecule has 0 bridgehead atoms. The number of hydrogen-bond donors (Lipinski definition) is 2. The van der Waals surface area contributed by atoms with Crippen molar-refractivity contribution in [1.29, 1.82) is 0 Å². The van der Waals surface area contributed by atoms with E-state index in [1.807, 2.05) is 0 Å². The second-order valence-electron chi connectivity index (χ2n) is 5.70. The van der Waals surface area contributed by atoms with E-state index in [0.717, 1.165) is 5.56 Å². The summed E-state index contributed by atoms with van der Waals surface area (Å²) in [5, 5.41) is 8.98. The van der Waals surface area contributed by atoms with E-state index in [4.69, 9.17) is 4.52 Å². The van der Waals surface area contributed by atoms with Crippen LogP contribution in [0.5, 0.6) is 0 Å². The van der Waals surface area contributed by atoms with Gasteiger partial charge in [-0.25, -0.2) is 0 Å². The standard InChI is InChI=1S/C17H20N4O4/c1-9-6-7-13(18-12(4)22)8-14(9)19-16(23)17(24)21(5)15-10(2)20-25-11(15)3/h6-8H,1-5H3,(H,18,22)(H,19,23). The van der Waals surface area contributed by atoms with E-state index in [0.29, 0.717) is 28.5 Å². The summed E-state index contributed by atoms with van der Waals surface area (Å²) in [5.41, 5.74) is 2.71. The second kappa shape index (κ2) is 7.16. The molecule has 2 aromatic rings. The van der Waals surface area contributed by atoms with Crippen LogP contribution in [0.4, 0.5) is 17.1 Å². The average Bonchev–Trinajstić information content (AvgIpc) is 2.87. The van der Waals surface area contributed by atoms with Crippen molar-refractivity contribution in [2.75, 3.05) is 22.6 Å². The van der Waals surface area contributed by atoms with Crippen molar-refractivity contribution >= 4 is 34.8 Å². The highest BCUT2D eigenvalue weighted by Gasteiger charge is 2.25. The van der Waals surface area contributed by atoms with Gasteiger partial charge < -0.3 is 20.1 Å². The molecule has 8 nitrogen and oxygen atoms in total. The topological polar surface area (TPSA) is 105 Å². The Morgan fingerprint density at radius 3 is 2.36 bits per heavy atom. The Morgan fingerprint density at radius 2 is 1.80 bits per heavy atom. The SMILES string of the molecule is CC(=O)Nc1ccc(C)c(NC(=O)C(=O)N(C)c2c(C)noc2C)c1. The number of carbonyl (C=O) groups excluding carboxylic acids is 3. The van der Waals surface area contributed by atoms with Crippen LogP contribution in [0, 0.1) is 20.8 Å². The molecule has 0 spiro atoms. The molecule has 0 saturated carbocycles. The van der Waals surface area contributed by atoms with E-state index in [9.17, 15) is 14.4 Å². The van der Waals surface area contributed by atoms with Crippen molar-refractivity contribution in [2.45, 2.75) is 27.7 Å². The van der Waals surface area contributed by atoms with Gasteiger partial charge in [0.15, 0.2) is 5.76 Å². The first-order chi connectivity index (χ1) is 11.7. The molecule has 0 atom stereocenters. The van der Waals surface area contributed by atoms with Crippen molar-refractivity contribution < 1.29 is 18.9 Å². The van der Waals surface area contributed by atoms with E-state index in [2.05, 4.69) is 15.8 Å². The molecular formula is C17H20N4O4. The van der Waals surface area contributed by atoms with Crippen molar-refractivity contribution in [1.82, 2.24) is 5.16 Å². The molecule has 2 N–H and O–H groups in total. The van der Waals surface area contributed by atoms with Gasteiger partial charge in [0.05, 0.1) is 0 Å². The number of hydrogen-bond acceptors (Lipinski definition) is 5. The minimum atomic E-state index is -0.800. The summed E-state index contributed by atoms with van der Waals surface area (Å²) >= 11 is 0. The molecule has 0 aliphatic carbocycles. The first-order valence-corrected chi connectivity index (χ1v) is 7.61. The van der Waals surface area contributed by atoms with E-state index in [-0.39, 0.29) is 5.91 Å². The quantitative estimate of drug-likeness (QED) is 0.830. The Labute approximate surface area is 145 Å². The van der Waals surface area contributed by atoms with Crippen LogP contribution in [0.15, 0.2) is 22.7 Å². The van der Waals surface area contributed by atoms with Gasteiger partial charge in [0.1, 0.15) is 11.4 Å². The minimum absolute atomic E-state index is 0.227. The summed E-state index contributed by atoms with van der Waals surface area (Å²) in [5.74, 6) is -1.33. The van der Waals surface area contributed by atoms with E-state index in [1.54, 1.807) is 39.0 Å². The normalized spacial score (nSPS) is 10.3. The zero-order valence-corrected chi connectivity index (χ0v) is 14.8. The predicted molar refractivity (Wildman–Crippen MR) is 93.5 cm³/mol. The first-order valence-electron chi connectivity index (χ1n) is 7.61. The Balaban J connectivity index is 2.19. The molecule has 8 heteroatoms. The Bertz CT molecular complexity index is 822. The Morgan fingerprint density at radius 1 is 1.12 bits per heavy atom. The van der Waals surface area contributed by atoms with Crippen molar-refractivity contribution in [2.24, 2.45) is 0 Å². The fourth-order valence-electron chi connectivity index (χ4n) is 2.42. The van der Waals surface area contributed by atoms with Crippen molar-refractivity contribution in [3.63, 3.8) is 0 Å². The van der Waals surface area contributed by atoms with Gasteiger partial charge in [0.2, 0.25) is 5.91 Å². The molecule has 1 aromatic heterocycles. The third kappa shape index (κ3) is 4.03. The summed E-state index contributed by atoms with van der Waals surface area (Å²) in [6, 6.07) is 5.05. The lowest BCUT2D eigenvalue weighted by atomic mass is 10.1. The van der Waals surface area contributed by atoms with Crippen LogP contribution in [0.2, 0.25) is 0 Å². The summed E-state index contributed by atoms with van der Waals surface area (Å²) in [7, 11) is 1.48. The van der Waals surface area contributed by atoms with E-state index in [1.165, 1.54) is 18.9 Å². The first kappa shape index (κ1) is 18.2. The van der Waals surface area contributed by atoms with E-state index < -0.39 is 11.8 Å². The van der Waals surface area contributed by atoms with Crippen molar-refractivity contribution in [3.05, 3.63) is 35.2 Å². The lowest BCUT2D eigenvalue weighted by Gasteiger charge is -2.17. The van der Waals surface area contributed by atoms with Crippen LogP contribution in [-0.4, -0.2) is 29.9 Å². The molecule has 132 valence electrons. The third-order valence-electron chi connectivity index (χ3n) is 3.64. The summed E-state index contributed by atoms with van der Waals surface area (Å²) in [6.45, 7) is 6.53. The molecule has 0 fully saturated rings. The molecule has 0 saturated heterocycles. The zero-order valence-electron chi connectivity index (χ0n) is 14.8. The van der Waals surface area contributed by atoms with Gasteiger partial charge in [-0.1, -0.05) is 11.2 Å². The zero-order chi connectivity index (χ0) is 18.7. The largest absolute Gasteiger partial charge is 0.359 e. The molecule has 2 rings (SSSR count). The van der Waals surface area contributed by atoms with Gasteiger partial charge in [-0.3, -0.25) is 14.4 Å². The highest BCUT2D eigenvalue weighted by molar-refractivity contribution is 6.44. The number of likely N-dealkylation sites (N-methyl/N-ethyl adjacent to an activating group) is 1. The van der Waals surface area contributed by atoms with Gasteiger partial charge in [0, 0.05) is 25.3 Å². The Hall–Kier alpha value is -3.16. The number of rotatable bonds is 3. The Kier molecular flexibility index (Phi) is 5.21. The number of aryl methyl sites for hydroxylation is 3. The van der Waals surface area contributed by atoms with Crippen LogP contribution in [0.3, 0.4) is 0 Å². The molecule has 25 heavy (non-hydrogen) atoms. The number of amides is 3. The van der Waals surface area contributed by atoms with Crippen LogP contribution in [0.1, 0.15) is 23.9 Å². The lowest BCUT2D eigenvalue weighted by Crippen LogP contribution is -2.37. The van der Waals surface area contributed by atoms with Crippen molar-refractivity contribution in [3.8, 4) is 0 Å². The smallest absolute Gasteiger partial charge is 0.316 e. The third-order valence-corrected chi connectivity index (χ3v) is 3.64. The maximum atomic E-state index is 12.4. The number of anilines is 3. The fourth-order valence-corrected chi connectivity index (χ4v) is 2.42. The number of nitrogens with one attached hydrogen (secondary N) is 2. The molecule has 0 aliphatic heterocycles. The van der Waals surface area contributed by atoms with Crippen LogP contribution < -0.4 is 15.5 Å². The fraction of sp³-hybridized carbons (Fsp3) is 0.294. The lowest BCUT2D eigenvalue weighted by molar-refractivity contribution is -0.134. The highest BCUT2D eigenvalue weighted by Crippen LogP contribution is 2.24. The van der Waals surface area contributed by atoms with Gasteiger partial charge in [-0.2, -0.15) is 0 Å². The van der Waals surface area contributed by atoms with Gasteiger partial charge in [-0.05, 0) is 38.5 Å². The molecule has 1 heterocycles. The predicted octanol–water partition coefficient (Wildman–Crippen LogP) is 2.16. The highest BCUT2D eigenvalue weighted by atomic mass is 16.5. The molecular weight excluding hydrogens is 324 g/mol. The summed E-state index contributed by atoms with van der Waals surface area (Å²) in [6.07, 6.45) is 0. The number of carbonyl (C=O) groups is 3. The van der Waals surface area contributed by atoms with Crippen LogP contribution in [0.25, 0.3) is 0 Å². The monoisotopic (exact) mass is 344 g/mol. The van der Waals surface area contributed by atoms with Gasteiger partial charge >= 0.3 is 11.8 Å². The van der Waals surface area contributed by atoms with Crippen LogP contribution >= 0.6 is 0 Å². The molecule has 0 radical (unpaired) electrons. The number of aromatic nitrogens is 1. The maximum absolute atomic E-state index is 12.4. The van der Waals surface area contributed by atoms with E-state index >= 15 is 0 Å². The van der Waals surface area contributed by atoms with Crippen LogP contribution in [-0.2, 0) is 14.4 Å². The average molecular weight is 344 g/mol.